The summed E-state index contributed by atoms with van der Waals surface area (Å²) in [5, 5.41) is 15.0. The number of hydrogen-bond donors (Lipinski definition) is 4. The van der Waals surface area contributed by atoms with Crippen molar-refractivity contribution in [2.75, 3.05) is 18.4 Å². The van der Waals surface area contributed by atoms with Crippen molar-refractivity contribution in [3.05, 3.63) is 73.4 Å². The van der Waals surface area contributed by atoms with Gasteiger partial charge in [-0.05, 0) is 73.8 Å². The average molecular weight is 530 g/mol. The predicted molar refractivity (Wildman–Crippen MR) is 154 cm³/mol. The van der Waals surface area contributed by atoms with E-state index in [-0.39, 0.29) is 5.91 Å². The number of anilines is 1. The molecule has 10 heteroatoms. The number of rotatable bonds is 6. The van der Waals surface area contributed by atoms with Crippen LogP contribution in [0.3, 0.4) is 0 Å². The van der Waals surface area contributed by atoms with E-state index in [4.69, 9.17) is 4.98 Å². The Morgan fingerprint density at radius 1 is 0.975 bits per heavy atom. The topological polar surface area (TPSA) is 137 Å². The van der Waals surface area contributed by atoms with E-state index in [2.05, 4.69) is 46.8 Å². The number of carbonyl (C=O) groups is 1. The number of aromatic amines is 2. The molecule has 1 saturated heterocycles. The second kappa shape index (κ2) is 10.3. The van der Waals surface area contributed by atoms with E-state index in [1.54, 1.807) is 24.8 Å². The van der Waals surface area contributed by atoms with E-state index in [9.17, 15) is 4.79 Å². The van der Waals surface area contributed by atoms with Crippen LogP contribution in [0.2, 0.25) is 0 Å². The smallest absolute Gasteiger partial charge is 0.224 e. The van der Waals surface area contributed by atoms with Gasteiger partial charge in [-0.25, -0.2) is 9.97 Å². The monoisotopic (exact) mass is 529 g/mol. The van der Waals surface area contributed by atoms with Crippen LogP contribution in [0.1, 0.15) is 19.3 Å². The molecule has 1 fully saturated rings. The normalized spacial score (nSPS) is 14.1. The molecule has 0 saturated carbocycles. The van der Waals surface area contributed by atoms with E-state index in [0.717, 1.165) is 76.1 Å². The first kappa shape index (κ1) is 24.1. The van der Waals surface area contributed by atoms with E-state index >= 15 is 0 Å². The van der Waals surface area contributed by atoms with E-state index in [1.165, 1.54) is 0 Å². The first-order valence-corrected chi connectivity index (χ1v) is 13.4. The van der Waals surface area contributed by atoms with Crippen LogP contribution in [0, 0.1) is 5.92 Å². The highest BCUT2D eigenvalue weighted by atomic mass is 16.1. The standard InChI is InChI=1S/C30H27N9O/c40-27(12-18-5-9-31-10-6-18)35-21-13-20(16-33-17-21)24-3-4-25-28(36-24)29(39-38-25)26-14-23-22(7-11-34-30(23)37-26)19-2-1-8-32-15-19/h1-4,7-8,11,13-18,31H,5-6,9-10,12H2,(H,34,37)(H,35,40)(H,38,39). The van der Waals surface area contributed by atoms with Crippen molar-refractivity contribution in [3.63, 3.8) is 0 Å². The van der Waals surface area contributed by atoms with Gasteiger partial charge in [0, 0.05) is 47.7 Å². The number of aromatic nitrogens is 7. The Morgan fingerprint density at radius 3 is 2.75 bits per heavy atom. The van der Waals surface area contributed by atoms with Crippen LogP contribution in [0.15, 0.2) is 73.4 Å². The second-order valence-electron chi connectivity index (χ2n) is 10.1. The van der Waals surface area contributed by atoms with Crippen LogP contribution in [-0.4, -0.2) is 54.1 Å². The molecule has 0 spiro atoms. The second-order valence-corrected chi connectivity index (χ2v) is 10.1. The van der Waals surface area contributed by atoms with Crippen LogP contribution < -0.4 is 10.6 Å². The Hall–Kier alpha value is -4.96. The van der Waals surface area contributed by atoms with Crippen LogP contribution in [-0.2, 0) is 4.79 Å². The lowest BCUT2D eigenvalue weighted by Crippen LogP contribution is -2.30. The van der Waals surface area contributed by atoms with Gasteiger partial charge in [-0.15, -0.1) is 0 Å². The summed E-state index contributed by atoms with van der Waals surface area (Å²) in [6.07, 6.45) is 11.4. The Labute approximate surface area is 229 Å². The lowest BCUT2D eigenvalue weighted by Gasteiger charge is -2.21. The molecule has 7 heterocycles. The first-order valence-electron chi connectivity index (χ1n) is 13.4. The fourth-order valence-electron chi connectivity index (χ4n) is 5.38. The minimum Gasteiger partial charge on any atom is -0.338 e. The Balaban J connectivity index is 1.19. The molecule has 0 aromatic carbocycles. The molecule has 1 aliphatic rings. The number of H-pyrrole nitrogens is 2. The molecule has 1 aliphatic heterocycles. The number of fused-ring (bicyclic) bond motifs is 2. The van der Waals surface area contributed by atoms with Gasteiger partial charge in [0.25, 0.3) is 0 Å². The van der Waals surface area contributed by atoms with Gasteiger partial charge in [-0.3, -0.25) is 19.9 Å². The fourth-order valence-corrected chi connectivity index (χ4v) is 5.38. The summed E-state index contributed by atoms with van der Waals surface area (Å²) in [5.74, 6) is 0.436. The Kier molecular flexibility index (Phi) is 6.21. The van der Waals surface area contributed by atoms with Crippen molar-refractivity contribution in [2.45, 2.75) is 19.3 Å². The number of piperidine rings is 1. The summed E-state index contributed by atoms with van der Waals surface area (Å²) < 4.78 is 0. The molecule has 40 heavy (non-hydrogen) atoms. The SMILES string of the molecule is O=C(CC1CCNCC1)Nc1cncc(-c2ccc3[nH]nc(-c4cc5c(-c6cccnc6)ccnc5[nH]4)c3n2)c1. The highest BCUT2D eigenvalue weighted by Crippen LogP contribution is 2.33. The van der Waals surface area contributed by atoms with Gasteiger partial charge in [0.1, 0.15) is 16.9 Å². The van der Waals surface area contributed by atoms with Crippen molar-refractivity contribution in [1.82, 2.24) is 40.4 Å². The van der Waals surface area contributed by atoms with Crippen molar-refractivity contribution in [1.29, 1.82) is 0 Å². The number of nitrogens with one attached hydrogen (secondary N) is 4. The number of pyridine rings is 4. The molecule has 10 nitrogen and oxygen atoms in total. The zero-order chi connectivity index (χ0) is 26.9. The van der Waals surface area contributed by atoms with Crippen molar-refractivity contribution < 1.29 is 4.79 Å². The molecule has 6 aromatic heterocycles. The van der Waals surface area contributed by atoms with Gasteiger partial charge in [0.15, 0.2) is 0 Å². The molecule has 1 amide bonds. The predicted octanol–water partition coefficient (Wildman–Crippen LogP) is 4.95. The zero-order valence-corrected chi connectivity index (χ0v) is 21.7. The van der Waals surface area contributed by atoms with E-state index in [1.807, 2.05) is 42.6 Å². The maximum Gasteiger partial charge on any atom is 0.224 e. The maximum absolute atomic E-state index is 12.7. The van der Waals surface area contributed by atoms with Crippen molar-refractivity contribution in [3.8, 4) is 33.8 Å². The molecule has 0 unspecified atom stereocenters. The Bertz CT molecular complexity index is 1820. The van der Waals surface area contributed by atoms with E-state index < -0.39 is 0 Å². The third-order valence-corrected chi connectivity index (χ3v) is 7.42. The fraction of sp³-hybridized carbons (Fsp3) is 0.200. The summed E-state index contributed by atoms with van der Waals surface area (Å²) in [5.41, 5.74) is 8.09. The van der Waals surface area contributed by atoms with E-state index in [0.29, 0.717) is 23.7 Å². The lowest BCUT2D eigenvalue weighted by molar-refractivity contribution is -0.117. The minimum atomic E-state index is 0.0180. The summed E-state index contributed by atoms with van der Waals surface area (Å²) in [6.45, 7) is 1.94. The molecular weight excluding hydrogens is 502 g/mol. The third-order valence-electron chi connectivity index (χ3n) is 7.42. The van der Waals surface area contributed by atoms with Crippen molar-refractivity contribution >= 4 is 33.7 Å². The summed E-state index contributed by atoms with van der Waals surface area (Å²) in [4.78, 5) is 34.2. The molecule has 6 aromatic rings. The van der Waals surface area contributed by atoms with Crippen LogP contribution in [0.5, 0.6) is 0 Å². The first-order chi connectivity index (χ1) is 19.7. The molecule has 0 atom stereocenters. The largest absolute Gasteiger partial charge is 0.338 e. The molecule has 4 N–H and O–H groups in total. The molecular formula is C30H27N9O. The summed E-state index contributed by atoms with van der Waals surface area (Å²) >= 11 is 0. The number of nitrogens with zero attached hydrogens (tertiary/aromatic N) is 5. The maximum atomic E-state index is 12.7. The zero-order valence-electron chi connectivity index (χ0n) is 21.7. The van der Waals surface area contributed by atoms with Gasteiger partial charge in [0.2, 0.25) is 5.91 Å². The van der Waals surface area contributed by atoms with Gasteiger partial charge in [-0.1, -0.05) is 6.07 Å². The van der Waals surface area contributed by atoms with Crippen LogP contribution in [0.4, 0.5) is 5.69 Å². The van der Waals surface area contributed by atoms with Gasteiger partial charge < -0.3 is 15.6 Å². The minimum absolute atomic E-state index is 0.0180. The number of hydrogen-bond acceptors (Lipinski definition) is 7. The highest BCUT2D eigenvalue weighted by Gasteiger charge is 2.18. The van der Waals surface area contributed by atoms with Crippen LogP contribution in [0.25, 0.3) is 55.8 Å². The van der Waals surface area contributed by atoms with Gasteiger partial charge in [0.05, 0.1) is 28.8 Å². The quantitative estimate of drug-likeness (QED) is 0.239. The lowest BCUT2D eigenvalue weighted by atomic mass is 9.94. The third kappa shape index (κ3) is 4.69. The van der Waals surface area contributed by atoms with Crippen LogP contribution >= 0.6 is 0 Å². The summed E-state index contributed by atoms with van der Waals surface area (Å²) in [6, 6.07) is 13.8. The van der Waals surface area contributed by atoms with Crippen molar-refractivity contribution in [2.24, 2.45) is 5.92 Å². The molecule has 0 radical (unpaired) electrons. The Morgan fingerprint density at radius 2 is 1.88 bits per heavy atom. The van der Waals surface area contributed by atoms with Gasteiger partial charge >= 0.3 is 0 Å². The molecule has 198 valence electrons. The molecule has 0 bridgehead atoms. The summed E-state index contributed by atoms with van der Waals surface area (Å²) in [7, 11) is 0. The number of carbonyl (C=O) groups excluding carboxylic acids is 1. The van der Waals surface area contributed by atoms with Gasteiger partial charge in [-0.2, -0.15) is 5.10 Å². The number of amides is 1. The highest BCUT2D eigenvalue weighted by molar-refractivity contribution is 5.99. The molecule has 0 aliphatic carbocycles. The molecule has 7 rings (SSSR count). The average Bonchev–Trinajstić information content (AvgIpc) is 3.62.